The Balaban J connectivity index is 3.04. The molecule has 4 heteroatoms. The van der Waals surface area contributed by atoms with Gasteiger partial charge in [0.25, 0.3) is 0 Å². The monoisotopic (exact) mass is 205 g/mol. The van der Waals surface area contributed by atoms with Gasteiger partial charge in [-0.1, -0.05) is 0 Å². The van der Waals surface area contributed by atoms with E-state index >= 15 is 0 Å². The highest BCUT2D eigenvalue weighted by Crippen LogP contribution is 2.28. The summed E-state index contributed by atoms with van der Waals surface area (Å²) >= 11 is 0. The first-order valence-electron chi connectivity index (χ1n) is 4.52. The third-order valence-electron chi connectivity index (χ3n) is 1.63. The molecular formula is C11H11NO3. The van der Waals surface area contributed by atoms with E-state index in [1.54, 1.807) is 18.2 Å². The zero-order valence-electron chi connectivity index (χ0n) is 8.61. The van der Waals surface area contributed by atoms with Gasteiger partial charge in [-0.25, -0.2) is 0 Å². The van der Waals surface area contributed by atoms with Crippen LogP contribution < -0.4 is 9.47 Å². The fourth-order valence-electron chi connectivity index (χ4n) is 1.09. The maximum absolute atomic E-state index is 10.8. The molecule has 1 aromatic carbocycles. The van der Waals surface area contributed by atoms with Crippen LogP contribution >= 0.6 is 0 Å². The third kappa shape index (κ3) is 2.99. The largest absolute Gasteiger partial charge is 0.490 e. The quantitative estimate of drug-likeness (QED) is 0.558. The van der Waals surface area contributed by atoms with Gasteiger partial charge in [-0.2, -0.15) is 5.26 Å². The van der Waals surface area contributed by atoms with Crippen LogP contribution in [-0.4, -0.2) is 12.6 Å². The molecule has 0 amide bonds. The SMILES string of the molecule is CCOc1cc(C#N)ccc1OC(C)=O. The predicted octanol–water partition coefficient (Wildman–Crippen LogP) is 1.88. The van der Waals surface area contributed by atoms with Gasteiger partial charge < -0.3 is 9.47 Å². The summed E-state index contributed by atoms with van der Waals surface area (Å²) in [5.41, 5.74) is 0.467. The van der Waals surface area contributed by atoms with Crippen molar-refractivity contribution in [2.75, 3.05) is 6.61 Å². The maximum Gasteiger partial charge on any atom is 0.308 e. The van der Waals surface area contributed by atoms with Crippen molar-refractivity contribution in [1.82, 2.24) is 0 Å². The maximum atomic E-state index is 10.8. The van der Waals surface area contributed by atoms with Crippen molar-refractivity contribution in [3.63, 3.8) is 0 Å². The van der Waals surface area contributed by atoms with Gasteiger partial charge in [0.2, 0.25) is 0 Å². The molecule has 0 bridgehead atoms. The molecule has 0 spiro atoms. The van der Waals surface area contributed by atoms with Crippen LogP contribution in [0, 0.1) is 11.3 Å². The summed E-state index contributed by atoms with van der Waals surface area (Å²) in [4.78, 5) is 10.8. The second kappa shape index (κ2) is 5.01. The Morgan fingerprint density at radius 3 is 2.73 bits per heavy atom. The zero-order valence-corrected chi connectivity index (χ0v) is 8.61. The third-order valence-corrected chi connectivity index (χ3v) is 1.63. The van der Waals surface area contributed by atoms with Crippen LogP contribution in [0.15, 0.2) is 18.2 Å². The van der Waals surface area contributed by atoms with Crippen molar-refractivity contribution in [2.45, 2.75) is 13.8 Å². The number of esters is 1. The Hall–Kier alpha value is -2.02. The minimum absolute atomic E-state index is 0.336. The summed E-state index contributed by atoms with van der Waals surface area (Å²) in [7, 11) is 0. The molecule has 0 saturated heterocycles. The lowest BCUT2D eigenvalue weighted by molar-refractivity contribution is -0.132. The Morgan fingerprint density at radius 1 is 1.47 bits per heavy atom. The minimum Gasteiger partial charge on any atom is -0.490 e. The summed E-state index contributed by atoms with van der Waals surface area (Å²) in [5, 5.41) is 8.69. The molecule has 0 fully saturated rings. The molecule has 0 aliphatic carbocycles. The van der Waals surface area contributed by atoms with Gasteiger partial charge in [0.15, 0.2) is 11.5 Å². The summed E-state index contributed by atoms with van der Waals surface area (Å²) in [6.07, 6.45) is 0. The highest BCUT2D eigenvalue weighted by atomic mass is 16.6. The van der Waals surface area contributed by atoms with E-state index in [0.717, 1.165) is 0 Å². The number of hydrogen-bond acceptors (Lipinski definition) is 4. The van der Waals surface area contributed by atoms with E-state index < -0.39 is 5.97 Å². The molecular weight excluding hydrogens is 194 g/mol. The number of benzene rings is 1. The molecule has 0 radical (unpaired) electrons. The fourth-order valence-corrected chi connectivity index (χ4v) is 1.09. The van der Waals surface area contributed by atoms with Gasteiger partial charge in [0.05, 0.1) is 18.2 Å². The van der Waals surface area contributed by atoms with Gasteiger partial charge in [0.1, 0.15) is 0 Å². The summed E-state index contributed by atoms with van der Waals surface area (Å²) in [6, 6.07) is 6.65. The molecule has 78 valence electrons. The molecule has 0 aliphatic heterocycles. The average molecular weight is 205 g/mol. The standard InChI is InChI=1S/C11H11NO3/c1-3-14-11-6-9(7-12)4-5-10(11)15-8(2)13/h4-6H,3H2,1-2H3. The number of carbonyl (C=O) groups excluding carboxylic acids is 1. The van der Waals surface area contributed by atoms with Crippen molar-refractivity contribution in [3.8, 4) is 17.6 Å². The number of ether oxygens (including phenoxy) is 2. The van der Waals surface area contributed by atoms with Crippen LogP contribution in [-0.2, 0) is 4.79 Å². The Labute approximate surface area is 88.0 Å². The first-order valence-corrected chi connectivity index (χ1v) is 4.52. The Kier molecular flexibility index (Phi) is 3.69. The second-order valence-electron chi connectivity index (χ2n) is 2.80. The summed E-state index contributed by atoms with van der Waals surface area (Å²) in [5.74, 6) is 0.329. The van der Waals surface area contributed by atoms with Crippen molar-refractivity contribution >= 4 is 5.97 Å². The van der Waals surface area contributed by atoms with E-state index in [1.165, 1.54) is 6.92 Å². The van der Waals surface area contributed by atoms with Gasteiger partial charge in [-0.3, -0.25) is 4.79 Å². The summed E-state index contributed by atoms with van der Waals surface area (Å²) < 4.78 is 10.2. The summed E-state index contributed by atoms with van der Waals surface area (Å²) in [6.45, 7) is 3.58. The second-order valence-corrected chi connectivity index (χ2v) is 2.80. The lowest BCUT2D eigenvalue weighted by Gasteiger charge is -2.09. The van der Waals surface area contributed by atoms with Gasteiger partial charge in [-0.05, 0) is 19.1 Å². The lowest BCUT2D eigenvalue weighted by Crippen LogP contribution is -2.04. The fraction of sp³-hybridized carbons (Fsp3) is 0.273. The van der Waals surface area contributed by atoms with Crippen LogP contribution in [0.1, 0.15) is 19.4 Å². The van der Waals surface area contributed by atoms with Crippen LogP contribution in [0.4, 0.5) is 0 Å². The van der Waals surface area contributed by atoms with Crippen LogP contribution in [0.5, 0.6) is 11.5 Å². The van der Waals surface area contributed by atoms with E-state index in [4.69, 9.17) is 14.7 Å². The number of hydrogen-bond donors (Lipinski definition) is 0. The molecule has 0 unspecified atom stereocenters. The van der Waals surface area contributed by atoms with Gasteiger partial charge in [0, 0.05) is 13.0 Å². The lowest BCUT2D eigenvalue weighted by atomic mass is 10.2. The highest BCUT2D eigenvalue weighted by molar-refractivity contribution is 5.70. The van der Waals surface area contributed by atoms with E-state index in [1.807, 2.05) is 13.0 Å². The van der Waals surface area contributed by atoms with Crippen LogP contribution in [0.2, 0.25) is 0 Å². The van der Waals surface area contributed by atoms with Crippen LogP contribution in [0.3, 0.4) is 0 Å². The first kappa shape index (κ1) is 11.1. The van der Waals surface area contributed by atoms with Crippen molar-refractivity contribution in [1.29, 1.82) is 5.26 Å². The number of nitrogens with zero attached hydrogens (tertiary/aromatic N) is 1. The minimum atomic E-state index is -0.416. The predicted molar refractivity (Wildman–Crippen MR) is 53.6 cm³/mol. The molecule has 4 nitrogen and oxygen atoms in total. The number of rotatable bonds is 3. The number of carbonyl (C=O) groups is 1. The van der Waals surface area contributed by atoms with E-state index in [9.17, 15) is 4.79 Å². The smallest absolute Gasteiger partial charge is 0.308 e. The van der Waals surface area contributed by atoms with Gasteiger partial charge in [-0.15, -0.1) is 0 Å². The molecule has 0 heterocycles. The first-order chi connectivity index (χ1) is 7.17. The molecule has 0 aliphatic rings. The van der Waals surface area contributed by atoms with E-state index in [0.29, 0.717) is 23.7 Å². The molecule has 1 rings (SSSR count). The molecule has 15 heavy (non-hydrogen) atoms. The topological polar surface area (TPSA) is 59.3 Å². The molecule has 0 N–H and O–H groups in total. The van der Waals surface area contributed by atoms with E-state index in [-0.39, 0.29) is 0 Å². The average Bonchev–Trinajstić information content (AvgIpc) is 2.20. The van der Waals surface area contributed by atoms with E-state index in [2.05, 4.69) is 0 Å². The Bertz CT molecular complexity index is 407. The molecule has 1 aromatic rings. The van der Waals surface area contributed by atoms with Crippen molar-refractivity contribution in [3.05, 3.63) is 23.8 Å². The zero-order chi connectivity index (χ0) is 11.3. The Morgan fingerprint density at radius 2 is 2.20 bits per heavy atom. The molecule has 0 saturated carbocycles. The normalized spacial score (nSPS) is 9.13. The van der Waals surface area contributed by atoms with Crippen molar-refractivity contribution in [2.24, 2.45) is 0 Å². The van der Waals surface area contributed by atoms with Crippen molar-refractivity contribution < 1.29 is 14.3 Å². The highest BCUT2D eigenvalue weighted by Gasteiger charge is 2.08. The van der Waals surface area contributed by atoms with Crippen LogP contribution in [0.25, 0.3) is 0 Å². The van der Waals surface area contributed by atoms with Gasteiger partial charge >= 0.3 is 5.97 Å². The molecule has 0 atom stereocenters. The molecule has 0 aromatic heterocycles. The number of nitriles is 1.